The van der Waals surface area contributed by atoms with Crippen molar-refractivity contribution < 1.29 is 0 Å². The number of hydrogen-bond donors (Lipinski definition) is 0. The zero-order valence-corrected chi connectivity index (χ0v) is 14.2. The third-order valence-corrected chi connectivity index (χ3v) is 5.38. The summed E-state index contributed by atoms with van der Waals surface area (Å²) in [5.41, 5.74) is 1.09. The highest BCUT2D eigenvalue weighted by Crippen LogP contribution is 2.13. The van der Waals surface area contributed by atoms with Gasteiger partial charge in [0, 0.05) is 10.3 Å². The van der Waals surface area contributed by atoms with Crippen LogP contribution in [-0.4, -0.2) is 17.9 Å². The second-order valence-corrected chi connectivity index (χ2v) is 11.3. The summed E-state index contributed by atoms with van der Waals surface area (Å²) in [7, 11) is -1.77. The van der Waals surface area contributed by atoms with Crippen molar-refractivity contribution in [1.29, 1.82) is 5.26 Å². The average molecular weight is 318 g/mol. The molecule has 0 aliphatic heterocycles. The minimum atomic E-state index is -1.77. The molecule has 0 spiro atoms. The highest BCUT2D eigenvalue weighted by molar-refractivity contribution is 6.88. The molecule has 0 radical (unpaired) electrons. The van der Waals surface area contributed by atoms with Crippen molar-refractivity contribution >= 4 is 25.0 Å². The van der Waals surface area contributed by atoms with Gasteiger partial charge >= 0.3 is 0 Å². The van der Waals surface area contributed by atoms with E-state index >= 15 is 0 Å². The van der Waals surface area contributed by atoms with Crippen LogP contribution in [0.5, 0.6) is 0 Å². The van der Waals surface area contributed by atoms with Crippen LogP contribution in [0.3, 0.4) is 0 Å². The fourth-order valence-corrected chi connectivity index (χ4v) is 3.98. The van der Waals surface area contributed by atoms with Crippen molar-refractivity contribution in [2.24, 2.45) is 0 Å². The standard InChI is InChI=1S/C15H16ClN3OSi/c1-10-13(9-17)15(20)19(18-14(10)21(2,3)4)12-7-5-11(16)6-8-12/h5-8H,1-4H3. The Morgan fingerprint density at radius 3 is 2.29 bits per heavy atom. The largest absolute Gasteiger partial charge is 0.289 e. The molecule has 0 saturated carbocycles. The first-order chi connectivity index (χ1) is 9.75. The number of benzene rings is 1. The van der Waals surface area contributed by atoms with Crippen LogP contribution in [-0.2, 0) is 0 Å². The van der Waals surface area contributed by atoms with E-state index in [9.17, 15) is 10.1 Å². The topological polar surface area (TPSA) is 58.7 Å². The maximum Gasteiger partial charge on any atom is 0.289 e. The number of hydrogen-bond acceptors (Lipinski definition) is 3. The lowest BCUT2D eigenvalue weighted by molar-refractivity contribution is 0.810. The molecule has 21 heavy (non-hydrogen) atoms. The van der Waals surface area contributed by atoms with Crippen LogP contribution in [0.15, 0.2) is 29.1 Å². The van der Waals surface area contributed by atoms with E-state index in [1.807, 2.05) is 6.07 Å². The van der Waals surface area contributed by atoms with Crippen molar-refractivity contribution in [3.05, 3.63) is 50.8 Å². The van der Waals surface area contributed by atoms with E-state index in [-0.39, 0.29) is 11.1 Å². The van der Waals surface area contributed by atoms with Crippen LogP contribution >= 0.6 is 11.6 Å². The number of nitrogens with zero attached hydrogens (tertiary/aromatic N) is 3. The molecule has 0 fully saturated rings. The van der Waals surface area contributed by atoms with E-state index in [0.29, 0.717) is 16.3 Å². The van der Waals surface area contributed by atoms with E-state index in [1.54, 1.807) is 31.2 Å². The summed E-state index contributed by atoms with van der Waals surface area (Å²) in [6.07, 6.45) is 0. The molecule has 4 nitrogen and oxygen atoms in total. The molecular weight excluding hydrogens is 302 g/mol. The monoisotopic (exact) mass is 317 g/mol. The van der Waals surface area contributed by atoms with E-state index < -0.39 is 8.07 Å². The third-order valence-electron chi connectivity index (χ3n) is 3.23. The predicted octanol–water partition coefficient (Wildman–Crippen LogP) is 2.61. The second-order valence-electron chi connectivity index (χ2n) is 5.90. The van der Waals surface area contributed by atoms with Crippen molar-refractivity contribution in [3.8, 4) is 11.8 Å². The van der Waals surface area contributed by atoms with Gasteiger partial charge in [-0.3, -0.25) is 4.79 Å². The van der Waals surface area contributed by atoms with Gasteiger partial charge < -0.3 is 0 Å². The van der Waals surface area contributed by atoms with Crippen molar-refractivity contribution in [2.45, 2.75) is 26.6 Å². The molecule has 1 heterocycles. The molecule has 0 unspecified atom stereocenters. The minimum Gasteiger partial charge on any atom is -0.266 e. The smallest absolute Gasteiger partial charge is 0.266 e. The van der Waals surface area contributed by atoms with Crippen molar-refractivity contribution in [2.75, 3.05) is 0 Å². The fourth-order valence-electron chi connectivity index (χ4n) is 2.21. The van der Waals surface area contributed by atoms with Crippen LogP contribution in [0, 0.1) is 18.3 Å². The molecule has 0 aliphatic carbocycles. The predicted molar refractivity (Wildman–Crippen MR) is 87.3 cm³/mol. The van der Waals surface area contributed by atoms with Gasteiger partial charge in [0.15, 0.2) is 0 Å². The van der Waals surface area contributed by atoms with E-state index in [1.165, 1.54) is 4.68 Å². The van der Waals surface area contributed by atoms with Gasteiger partial charge in [0.05, 0.1) is 5.69 Å². The van der Waals surface area contributed by atoms with E-state index in [2.05, 4.69) is 24.7 Å². The lowest BCUT2D eigenvalue weighted by Gasteiger charge is -2.20. The molecule has 2 rings (SSSR count). The highest BCUT2D eigenvalue weighted by atomic mass is 35.5. The van der Waals surface area contributed by atoms with Crippen LogP contribution in [0.1, 0.15) is 11.1 Å². The van der Waals surface area contributed by atoms with E-state index in [4.69, 9.17) is 11.6 Å². The summed E-state index contributed by atoms with van der Waals surface area (Å²) >= 11 is 5.87. The Labute approximate surface area is 129 Å². The number of nitriles is 1. The number of aromatic nitrogens is 2. The van der Waals surface area contributed by atoms with Gasteiger partial charge in [-0.1, -0.05) is 31.2 Å². The Hall–Kier alpha value is -1.90. The molecule has 1 aromatic heterocycles. The SMILES string of the molecule is Cc1c([Si](C)(C)C)nn(-c2ccc(Cl)cc2)c(=O)c1C#N. The van der Waals surface area contributed by atoms with Gasteiger partial charge in [-0.2, -0.15) is 15.0 Å². The normalized spacial score (nSPS) is 11.2. The lowest BCUT2D eigenvalue weighted by atomic mass is 10.2. The summed E-state index contributed by atoms with van der Waals surface area (Å²) in [6.45, 7) is 8.22. The van der Waals surface area contributed by atoms with Gasteiger partial charge in [-0.25, -0.2) is 0 Å². The van der Waals surface area contributed by atoms with Crippen LogP contribution in [0.4, 0.5) is 0 Å². The van der Waals surface area contributed by atoms with E-state index in [0.717, 1.165) is 5.32 Å². The maximum absolute atomic E-state index is 12.4. The van der Waals surface area contributed by atoms with Gasteiger partial charge in [0.2, 0.25) is 0 Å². The van der Waals surface area contributed by atoms with Gasteiger partial charge in [0.25, 0.3) is 5.56 Å². The molecule has 0 atom stereocenters. The molecule has 1 aromatic carbocycles. The fraction of sp³-hybridized carbons (Fsp3) is 0.267. The first-order valence-electron chi connectivity index (χ1n) is 6.56. The summed E-state index contributed by atoms with van der Waals surface area (Å²) in [5, 5.41) is 15.3. The third kappa shape index (κ3) is 2.92. The lowest BCUT2D eigenvalue weighted by Crippen LogP contribution is -2.47. The summed E-state index contributed by atoms with van der Waals surface area (Å²) in [4.78, 5) is 12.4. The number of rotatable bonds is 2. The summed E-state index contributed by atoms with van der Waals surface area (Å²) < 4.78 is 1.30. The first kappa shape index (κ1) is 15.5. The molecule has 6 heteroatoms. The molecule has 0 saturated heterocycles. The maximum atomic E-state index is 12.4. The average Bonchev–Trinajstić information content (AvgIpc) is 2.39. The van der Waals surface area contributed by atoms with Gasteiger partial charge in [-0.15, -0.1) is 0 Å². The zero-order valence-electron chi connectivity index (χ0n) is 12.4. The summed E-state index contributed by atoms with van der Waals surface area (Å²) in [5.74, 6) is 0. The highest BCUT2D eigenvalue weighted by Gasteiger charge is 2.25. The van der Waals surface area contributed by atoms with Crippen molar-refractivity contribution in [1.82, 2.24) is 9.78 Å². The minimum absolute atomic E-state index is 0.164. The van der Waals surface area contributed by atoms with Crippen molar-refractivity contribution in [3.63, 3.8) is 0 Å². The molecule has 0 amide bonds. The van der Waals surface area contributed by atoms with Gasteiger partial charge in [0.1, 0.15) is 19.7 Å². The molecule has 108 valence electrons. The number of halogens is 1. The quantitative estimate of drug-likeness (QED) is 0.800. The molecule has 0 aliphatic rings. The Kier molecular flexibility index (Phi) is 4.03. The zero-order chi connectivity index (χ0) is 15.8. The Morgan fingerprint density at radius 2 is 1.81 bits per heavy atom. The molecule has 0 N–H and O–H groups in total. The first-order valence-corrected chi connectivity index (χ1v) is 10.4. The van der Waals surface area contributed by atoms with Gasteiger partial charge in [-0.05, 0) is 36.8 Å². The Bertz CT molecular complexity index is 783. The second kappa shape index (κ2) is 5.47. The molecular formula is C15H16ClN3OSi. The van der Waals surface area contributed by atoms with Crippen LogP contribution in [0.2, 0.25) is 24.7 Å². The van der Waals surface area contributed by atoms with Crippen LogP contribution < -0.4 is 10.9 Å². The molecule has 2 aromatic rings. The summed E-state index contributed by atoms with van der Waals surface area (Å²) in [6, 6.07) is 8.87. The Morgan fingerprint density at radius 1 is 1.24 bits per heavy atom. The Balaban J connectivity index is 2.82. The molecule has 0 bridgehead atoms. The van der Waals surface area contributed by atoms with Crippen LogP contribution in [0.25, 0.3) is 5.69 Å².